The van der Waals surface area contributed by atoms with E-state index < -0.39 is 5.91 Å². The smallest absolute Gasteiger partial charge is 0.337 e. The summed E-state index contributed by atoms with van der Waals surface area (Å²) >= 11 is 0. The minimum absolute atomic E-state index is 0.291. The van der Waals surface area contributed by atoms with Gasteiger partial charge >= 0.3 is 5.97 Å². The van der Waals surface area contributed by atoms with Gasteiger partial charge in [-0.3, -0.25) is 4.79 Å². The first kappa shape index (κ1) is 12.9. The molecule has 0 aromatic heterocycles. The third-order valence-electron chi connectivity index (χ3n) is 1.40. The van der Waals surface area contributed by atoms with Gasteiger partial charge in [0.15, 0.2) is 0 Å². The van der Waals surface area contributed by atoms with E-state index in [2.05, 4.69) is 17.0 Å². The molecular weight excluding hydrogens is 194 g/mol. The molecule has 1 aromatic rings. The molecule has 0 unspecified atom stereocenters. The normalized spacial score (nSPS) is 8.07. The van der Waals surface area contributed by atoms with Gasteiger partial charge in [-0.2, -0.15) is 0 Å². The van der Waals surface area contributed by atoms with Crippen LogP contribution in [-0.2, 0) is 9.53 Å². The SMILES string of the molecule is C=CC(N)=O.COC(=O)c1ccccc1. The zero-order chi connectivity index (χ0) is 11.7. The van der Waals surface area contributed by atoms with E-state index in [-0.39, 0.29) is 5.97 Å². The van der Waals surface area contributed by atoms with E-state index in [1.807, 2.05) is 6.07 Å². The van der Waals surface area contributed by atoms with Gasteiger partial charge < -0.3 is 10.5 Å². The Bertz CT molecular complexity index is 333. The van der Waals surface area contributed by atoms with E-state index in [0.29, 0.717) is 5.56 Å². The van der Waals surface area contributed by atoms with Crippen molar-refractivity contribution < 1.29 is 14.3 Å². The van der Waals surface area contributed by atoms with Crippen molar-refractivity contribution >= 4 is 11.9 Å². The molecule has 80 valence electrons. The van der Waals surface area contributed by atoms with E-state index in [9.17, 15) is 9.59 Å². The summed E-state index contributed by atoms with van der Waals surface area (Å²) < 4.78 is 4.50. The first-order chi connectivity index (χ1) is 7.11. The molecule has 0 saturated carbocycles. The molecule has 15 heavy (non-hydrogen) atoms. The number of benzene rings is 1. The predicted molar refractivity (Wildman–Crippen MR) is 57.2 cm³/mol. The molecule has 1 rings (SSSR count). The van der Waals surface area contributed by atoms with Crippen LogP contribution in [0.25, 0.3) is 0 Å². The fraction of sp³-hybridized carbons (Fsp3) is 0.0909. The summed E-state index contributed by atoms with van der Waals surface area (Å²) in [5, 5.41) is 0. The second-order valence-corrected chi connectivity index (χ2v) is 2.46. The number of hydrogen-bond acceptors (Lipinski definition) is 3. The van der Waals surface area contributed by atoms with Gasteiger partial charge in [0.25, 0.3) is 0 Å². The fourth-order valence-corrected chi connectivity index (χ4v) is 0.692. The van der Waals surface area contributed by atoms with Crippen molar-refractivity contribution in [1.82, 2.24) is 0 Å². The van der Waals surface area contributed by atoms with Crippen molar-refractivity contribution in [3.8, 4) is 0 Å². The molecule has 0 bridgehead atoms. The minimum atomic E-state index is -0.481. The third-order valence-corrected chi connectivity index (χ3v) is 1.40. The number of hydrogen-bond donors (Lipinski definition) is 1. The number of carbonyl (C=O) groups excluding carboxylic acids is 2. The molecule has 0 spiro atoms. The lowest BCUT2D eigenvalue weighted by Crippen LogP contribution is -2.04. The highest BCUT2D eigenvalue weighted by Crippen LogP contribution is 1.98. The van der Waals surface area contributed by atoms with Crippen molar-refractivity contribution in [3.63, 3.8) is 0 Å². The monoisotopic (exact) mass is 207 g/mol. The number of rotatable bonds is 2. The van der Waals surface area contributed by atoms with Gasteiger partial charge in [0.1, 0.15) is 0 Å². The molecule has 0 aliphatic rings. The van der Waals surface area contributed by atoms with Crippen LogP contribution < -0.4 is 5.73 Å². The minimum Gasteiger partial charge on any atom is -0.465 e. The first-order valence-electron chi connectivity index (χ1n) is 4.17. The summed E-state index contributed by atoms with van der Waals surface area (Å²) in [5.41, 5.74) is 5.12. The topological polar surface area (TPSA) is 69.4 Å². The van der Waals surface area contributed by atoms with Crippen LogP contribution in [0.2, 0.25) is 0 Å². The number of methoxy groups -OCH3 is 1. The van der Waals surface area contributed by atoms with Crippen LogP contribution in [0.15, 0.2) is 43.0 Å². The lowest BCUT2D eigenvalue weighted by Gasteiger charge is -1.95. The molecule has 0 fully saturated rings. The molecule has 0 aliphatic carbocycles. The molecule has 0 saturated heterocycles. The quantitative estimate of drug-likeness (QED) is 0.583. The Morgan fingerprint density at radius 3 is 2.13 bits per heavy atom. The lowest BCUT2D eigenvalue weighted by molar-refractivity contribution is -0.113. The summed E-state index contributed by atoms with van der Waals surface area (Å²) in [6.45, 7) is 3.09. The lowest BCUT2D eigenvalue weighted by atomic mass is 10.2. The number of carbonyl (C=O) groups is 2. The Kier molecular flexibility index (Phi) is 6.29. The van der Waals surface area contributed by atoms with Crippen molar-refractivity contribution in [2.45, 2.75) is 0 Å². The molecular formula is C11H13NO3. The zero-order valence-electron chi connectivity index (χ0n) is 8.47. The van der Waals surface area contributed by atoms with Crippen LogP contribution in [0.3, 0.4) is 0 Å². The van der Waals surface area contributed by atoms with Crippen molar-refractivity contribution in [2.75, 3.05) is 7.11 Å². The van der Waals surface area contributed by atoms with E-state index >= 15 is 0 Å². The van der Waals surface area contributed by atoms with Crippen molar-refractivity contribution in [2.24, 2.45) is 5.73 Å². The number of nitrogens with two attached hydrogens (primary N) is 1. The van der Waals surface area contributed by atoms with Crippen LogP contribution >= 0.6 is 0 Å². The Labute approximate surface area is 88.3 Å². The van der Waals surface area contributed by atoms with Crippen molar-refractivity contribution in [3.05, 3.63) is 48.6 Å². The average molecular weight is 207 g/mol. The van der Waals surface area contributed by atoms with Gasteiger partial charge in [0, 0.05) is 0 Å². The first-order valence-corrected chi connectivity index (χ1v) is 4.17. The summed E-state index contributed by atoms with van der Waals surface area (Å²) in [6, 6.07) is 8.88. The second-order valence-electron chi connectivity index (χ2n) is 2.46. The van der Waals surface area contributed by atoms with Gasteiger partial charge in [-0.05, 0) is 18.2 Å². The number of primary amides is 1. The maximum absolute atomic E-state index is 10.8. The average Bonchev–Trinajstić information content (AvgIpc) is 2.30. The van der Waals surface area contributed by atoms with Crippen LogP contribution in [0.1, 0.15) is 10.4 Å². The van der Waals surface area contributed by atoms with Crippen LogP contribution in [0, 0.1) is 0 Å². The molecule has 0 atom stereocenters. The summed E-state index contributed by atoms with van der Waals surface area (Å²) in [7, 11) is 1.37. The molecule has 1 amide bonds. The highest BCUT2D eigenvalue weighted by molar-refractivity contribution is 5.89. The molecule has 0 aliphatic heterocycles. The second kappa shape index (κ2) is 7.32. The van der Waals surface area contributed by atoms with Gasteiger partial charge in [-0.1, -0.05) is 24.8 Å². The summed E-state index contributed by atoms with van der Waals surface area (Å²) in [4.78, 5) is 20.3. The van der Waals surface area contributed by atoms with Crippen LogP contribution in [0.5, 0.6) is 0 Å². The Hall–Kier alpha value is -2.10. The summed E-state index contributed by atoms with van der Waals surface area (Å²) in [6.07, 6.45) is 1.06. The highest BCUT2D eigenvalue weighted by Gasteiger charge is 2.00. The Morgan fingerprint density at radius 1 is 1.33 bits per heavy atom. The van der Waals surface area contributed by atoms with E-state index in [4.69, 9.17) is 0 Å². The van der Waals surface area contributed by atoms with Gasteiger partial charge in [0.2, 0.25) is 5.91 Å². The highest BCUT2D eigenvalue weighted by atomic mass is 16.5. The number of amides is 1. The largest absolute Gasteiger partial charge is 0.465 e. The molecule has 1 aromatic carbocycles. The van der Waals surface area contributed by atoms with Gasteiger partial charge in [-0.15, -0.1) is 0 Å². The molecule has 2 N–H and O–H groups in total. The van der Waals surface area contributed by atoms with Crippen LogP contribution in [-0.4, -0.2) is 19.0 Å². The molecule has 0 heterocycles. The Balaban J connectivity index is 0.000000336. The standard InChI is InChI=1S/C8H8O2.C3H5NO/c1-10-8(9)7-5-3-2-4-6-7;1-2-3(4)5/h2-6H,1H3;2H,1H2,(H2,4,5). The molecule has 0 radical (unpaired) electrons. The third kappa shape index (κ3) is 6.04. The van der Waals surface area contributed by atoms with Crippen molar-refractivity contribution in [1.29, 1.82) is 0 Å². The molecule has 4 nitrogen and oxygen atoms in total. The van der Waals surface area contributed by atoms with Crippen LogP contribution in [0.4, 0.5) is 0 Å². The number of ether oxygens (including phenoxy) is 1. The number of esters is 1. The maximum Gasteiger partial charge on any atom is 0.337 e. The maximum atomic E-state index is 10.8. The van der Waals surface area contributed by atoms with E-state index in [1.54, 1.807) is 24.3 Å². The molecule has 4 heteroatoms. The summed E-state index contributed by atoms with van der Waals surface area (Å²) in [5.74, 6) is -0.773. The fourth-order valence-electron chi connectivity index (χ4n) is 0.692. The van der Waals surface area contributed by atoms with Gasteiger partial charge in [0.05, 0.1) is 12.7 Å². The van der Waals surface area contributed by atoms with Gasteiger partial charge in [-0.25, -0.2) is 4.79 Å². The Morgan fingerprint density at radius 2 is 1.80 bits per heavy atom. The van der Waals surface area contributed by atoms with E-state index in [0.717, 1.165) is 6.08 Å². The predicted octanol–water partition coefficient (Wildman–Crippen LogP) is 1.13. The zero-order valence-corrected chi connectivity index (χ0v) is 8.47. The van der Waals surface area contributed by atoms with E-state index in [1.165, 1.54) is 7.11 Å².